The molecule has 0 spiro atoms. The Kier molecular flexibility index (Phi) is 7.18. The van der Waals surface area contributed by atoms with Crippen LogP contribution in [0, 0.1) is 0 Å². The van der Waals surface area contributed by atoms with Crippen molar-refractivity contribution in [2.24, 2.45) is 4.99 Å². The molecule has 1 aliphatic heterocycles. The largest absolute Gasteiger partial charge is 0.350 e. The van der Waals surface area contributed by atoms with Gasteiger partial charge in [-0.15, -0.1) is 0 Å². The third-order valence-corrected chi connectivity index (χ3v) is 9.50. The first-order valence-corrected chi connectivity index (χ1v) is 14.5. The van der Waals surface area contributed by atoms with Crippen LogP contribution in [-0.4, -0.2) is 55.4 Å². The number of nitrogens with one attached hydrogen (secondary N) is 3. The van der Waals surface area contributed by atoms with Gasteiger partial charge in [0.25, 0.3) is 5.47 Å². The van der Waals surface area contributed by atoms with Crippen LogP contribution in [0.15, 0.2) is 52.8 Å². The lowest BCUT2D eigenvalue weighted by molar-refractivity contribution is 0.0981. The molecule has 10 nitrogen and oxygen atoms in total. The van der Waals surface area contributed by atoms with E-state index in [0.29, 0.717) is 5.69 Å². The predicted molar refractivity (Wildman–Crippen MR) is 132 cm³/mol. The highest BCUT2D eigenvalue weighted by molar-refractivity contribution is 7.92. The van der Waals surface area contributed by atoms with Crippen LogP contribution in [0.3, 0.4) is 0 Å². The molecule has 0 bridgehead atoms. The standard InChI is InChI=1S/C20H26ClN6O4PS/c1-13(2)33(29,30)16-9-7-6-8-15(16)25-17-14(21)12-23-19(26-17)27-18-20(31-3,32(4,5)28)24-11-10-22-18/h6-13,24H,1-5H3,(H2,22,23,25,26,27)/t20-/m0/s1. The average Bonchev–Trinajstić information content (AvgIpc) is 2.76. The number of anilines is 3. The summed E-state index contributed by atoms with van der Waals surface area (Å²) in [5, 5.41) is 8.47. The van der Waals surface area contributed by atoms with Crippen molar-refractivity contribution >= 4 is 51.9 Å². The lowest BCUT2D eigenvalue weighted by atomic mass is 10.3. The lowest BCUT2D eigenvalue weighted by Gasteiger charge is -2.38. The molecule has 0 amide bonds. The molecule has 0 aliphatic carbocycles. The molecule has 0 radical (unpaired) electrons. The topological polar surface area (TPSA) is 135 Å². The van der Waals surface area contributed by atoms with Gasteiger partial charge < -0.3 is 25.3 Å². The fraction of sp³-hybridized carbons (Fsp3) is 0.350. The van der Waals surface area contributed by atoms with Crippen molar-refractivity contribution in [1.82, 2.24) is 15.3 Å². The monoisotopic (exact) mass is 512 g/mol. The molecule has 1 aromatic heterocycles. The van der Waals surface area contributed by atoms with Crippen LogP contribution in [0.4, 0.5) is 17.5 Å². The third-order valence-electron chi connectivity index (χ3n) is 4.97. The smallest absolute Gasteiger partial charge is 0.250 e. The second-order valence-corrected chi connectivity index (χ2v) is 14.1. The van der Waals surface area contributed by atoms with Gasteiger partial charge in [-0.25, -0.2) is 18.4 Å². The van der Waals surface area contributed by atoms with Gasteiger partial charge in [0, 0.05) is 19.5 Å². The molecule has 33 heavy (non-hydrogen) atoms. The number of amidine groups is 1. The fourth-order valence-corrected chi connectivity index (χ4v) is 5.93. The van der Waals surface area contributed by atoms with E-state index in [9.17, 15) is 13.0 Å². The number of aromatic nitrogens is 2. The van der Waals surface area contributed by atoms with Crippen LogP contribution in [0.2, 0.25) is 5.02 Å². The average molecular weight is 513 g/mol. The molecule has 13 heteroatoms. The molecular formula is C20H26ClN6O4PS. The SMILES string of the molecule is CO[C@@]1(P(C)(C)=O)NC=CN=C1Nc1ncc(Cl)c(Nc2ccccc2S(=O)(=O)C(C)C)n1. The molecule has 178 valence electrons. The Morgan fingerprint density at radius 2 is 1.91 bits per heavy atom. The molecule has 1 aliphatic rings. The Morgan fingerprint density at radius 1 is 1.21 bits per heavy atom. The molecule has 2 aromatic rings. The van der Waals surface area contributed by atoms with Gasteiger partial charge in [-0.2, -0.15) is 4.98 Å². The van der Waals surface area contributed by atoms with Gasteiger partial charge in [0.2, 0.25) is 5.95 Å². The zero-order valence-electron chi connectivity index (χ0n) is 18.8. The van der Waals surface area contributed by atoms with Crippen LogP contribution >= 0.6 is 18.7 Å². The highest BCUT2D eigenvalue weighted by atomic mass is 35.5. The normalized spacial score (nSPS) is 18.6. The van der Waals surface area contributed by atoms with Crippen molar-refractivity contribution in [1.29, 1.82) is 0 Å². The number of halogens is 1. The number of sulfone groups is 1. The maximum atomic E-state index is 13.0. The summed E-state index contributed by atoms with van der Waals surface area (Å²) in [5.74, 6) is 0.480. The number of para-hydroxylation sites is 1. The van der Waals surface area contributed by atoms with Crippen LogP contribution in [0.1, 0.15) is 13.8 Å². The fourth-order valence-electron chi connectivity index (χ4n) is 3.14. The van der Waals surface area contributed by atoms with Gasteiger partial charge in [0.15, 0.2) is 21.5 Å². The van der Waals surface area contributed by atoms with Crippen molar-refractivity contribution in [2.45, 2.75) is 29.5 Å². The van der Waals surface area contributed by atoms with Crippen molar-refractivity contribution in [3.63, 3.8) is 0 Å². The molecule has 3 rings (SSSR count). The Morgan fingerprint density at radius 3 is 2.55 bits per heavy atom. The Labute approximate surface area is 198 Å². The molecule has 2 heterocycles. The van der Waals surface area contributed by atoms with E-state index in [2.05, 4.69) is 30.9 Å². The van der Waals surface area contributed by atoms with Gasteiger partial charge in [-0.05, 0) is 39.3 Å². The first kappa shape index (κ1) is 25.2. The number of methoxy groups -OCH3 is 1. The summed E-state index contributed by atoms with van der Waals surface area (Å²) in [7, 11) is -5.05. The maximum Gasteiger partial charge on any atom is 0.250 e. The maximum absolute atomic E-state index is 13.0. The lowest BCUT2D eigenvalue weighted by Crippen LogP contribution is -2.55. The van der Waals surface area contributed by atoms with Gasteiger partial charge in [-0.3, -0.25) is 0 Å². The van der Waals surface area contributed by atoms with Gasteiger partial charge in [0.1, 0.15) is 12.2 Å². The second-order valence-electron chi connectivity index (χ2n) is 7.87. The summed E-state index contributed by atoms with van der Waals surface area (Å²) >= 11 is 6.29. The molecule has 0 fully saturated rings. The first-order valence-electron chi connectivity index (χ1n) is 9.93. The van der Waals surface area contributed by atoms with E-state index in [4.69, 9.17) is 16.3 Å². The predicted octanol–water partition coefficient (Wildman–Crippen LogP) is 3.86. The molecular weight excluding hydrogens is 487 g/mol. The summed E-state index contributed by atoms with van der Waals surface area (Å²) in [6, 6.07) is 6.50. The van der Waals surface area contributed by atoms with Gasteiger partial charge in [-0.1, -0.05) is 23.7 Å². The minimum atomic E-state index is -3.56. The number of ether oxygens (including phenoxy) is 1. The van der Waals surface area contributed by atoms with Crippen molar-refractivity contribution in [2.75, 3.05) is 31.1 Å². The number of hydrogen-bond acceptors (Lipinski definition) is 10. The van der Waals surface area contributed by atoms with E-state index in [-0.39, 0.29) is 27.5 Å². The van der Waals surface area contributed by atoms with Gasteiger partial charge >= 0.3 is 0 Å². The van der Waals surface area contributed by atoms with Crippen molar-refractivity contribution in [3.05, 3.63) is 47.9 Å². The second kappa shape index (κ2) is 9.42. The van der Waals surface area contributed by atoms with E-state index in [1.165, 1.54) is 31.8 Å². The first-order chi connectivity index (χ1) is 15.4. The minimum Gasteiger partial charge on any atom is -0.350 e. The Bertz CT molecular complexity index is 1260. The number of hydrogen-bond donors (Lipinski definition) is 3. The molecule has 1 aromatic carbocycles. The highest BCUT2D eigenvalue weighted by Gasteiger charge is 2.48. The number of aliphatic imine (C=N–C) groups is 1. The van der Waals surface area contributed by atoms with Crippen LogP contribution < -0.4 is 16.0 Å². The van der Waals surface area contributed by atoms with E-state index in [1.54, 1.807) is 45.4 Å². The molecule has 0 unspecified atom stereocenters. The summed E-state index contributed by atoms with van der Waals surface area (Å²) in [6.45, 7) is 6.37. The number of rotatable bonds is 7. The number of nitrogens with zero attached hydrogens (tertiary/aromatic N) is 3. The quantitative estimate of drug-likeness (QED) is 0.472. The number of benzene rings is 1. The zero-order valence-corrected chi connectivity index (χ0v) is 21.3. The molecule has 1 atom stereocenters. The highest BCUT2D eigenvalue weighted by Crippen LogP contribution is 2.51. The van der Waals surface area contributed by atoms with Crippen LogP contribution in [0.5, 0.6) is 0 Å². The van der Waals surface area contributed by atoms with E-state index < -0.39 is 27.7 Å². The van der Waals surface area contributed by atoms with Crippen LogP contribution in [0.25, 0.3) is 0 Å². The summed E-state index contributed by atoms with van der Waals surface area (Å²) in [4.78, 5) is 12.9. The van der Waals surface area contributed by atoms with E-state index in [0.717, 1.165) is 0 Å². The summed E-state index contributed by atoms with van der Waals surface area (Å²) in [5.41, 5.74) is -1.06. The summed E-state index contributed by atoms with van der Waals surface area (Å²) in [6.07, 6.45) is 4.38. The molecule has 0 saturated carbocycles. The van der Waals surface area contributed by atoms with Crippen molar-refractivity contribution < 1.29 is 17.7 Å². The van der Waals surface area contributed by atoms with Gasteiger partial charge in [0.05, 0.1) is 22.0 Å². The minimum absolute atomic E-state index is 0.0943. The Hall–Kier alpha value is -2.46. The van der Waals surface area contributed by atoms with Crippen LogP contribution in [-0.2, 0) is 19.1 Å². The Balaban J connectivity index is 1.98. The molecule has 0 saturated heterocycles. The van der Waals surface area contributed by atoms with E-state index in [1.807, 2.05) is 0 Å². The zero-order chi connectivity index (χ0) is 24.4. The summed E-state index contributed by atoms with van der Waals surface area (Å²) < 4.78 is 44.1. The molecule has 3 N–H and O–H groups in total. The third kappa shape index (κ3) is 4.91. The van der Waals surface area contributed by atoms with Crippen molar-refractivity contribution in [3.8, 4) is 0 Å². The van der Waals surface area contributed by atoms with E-state index >= 15 is 0 Å².